The van der Waals surface area contributed by atoms with E-state index in [2.05, 4.69) is 0 Å². The minimum atomic E-state index is -0.201. The Labute approximate surface area is 85.6 Å². The molecule has 2 fully saturated rings. The first-order chi connectivity index (χ1) is 6.79. The zero-order valence-electron chi connectivity index (χ0n) is 8.74. The van der Waals surface area contributed by atoms with Crippen LogP contribution in [0.3, 0.4) is 0 Å². The summed E-state index contributed by atoms with van der Waals surface area (Å²) in [5.74, 6) is 0.695. The van der Waals surface area contributed by atoms with Crippen molar-refractivity contribution >= 4 is 5.91 Å². The first-order valence-corrected chi connectivity index (χ1v) is 5.83. The highest BCUT2D eigenvalue weighted by molar-refractivity contribution is 5.82. The highest BCUT2D eigenvalue weighted by Crippen LogP contribution is 2.32. The standard InChI is InChI=1S/C11H20N2O/c12-10(9-5-6-9)11(14)13-7-3-1-2-4-8-13/h9-10H,1-8,12H2. The molecule has 1 heterocycles. The van der Waals surface area contributed by atoms with Crippen LogP contribution in [0, 0.1) is 5.92 Å². The minimum Gasteiger partial charge on any atom is -0.341 e. The van der Waals surface area contributed by atoms with Crippen molar-refractivity contribution in [1.29, 1.82) is 0 Å². The van der Waals surface area contributed by atoms with Gasteiger partial charge in [-0.05, 0) is 31.6 Å². The molecule has 0 aromatic carbocycles. The molecule has 0 radical (unpaired) electrons. The fraction of sp³-hybridized carbons (Fsp3) is 0.909. The molecule has 0 bridgehead atoms. The van der Waals surface area contributed by atoms with Crippen LogP contribution >= 0.6 is 0 Å². The van der Waals surface area contributed by atoms with Crippen LogP contribution in [-0.2, 0) is 4.79 Å². The van der Waals surface area contributed by atoms with Crippen molar-refractivity contribution in [2.75, 3.05) is 13.1 Å². The largest absolute Gasteiger partial charge is 0.341 e. The highest BCUT2D eigenvalue weighted by atomic mass is 16.2. The second-order valence-electron chi connectivity index (χ2n) is 4.60. The van der Waals surface area contributed by atoms with Gasteiger partial charge in [-0.2, -0.15) is 0 Å². The molecule has 14 heavy (non-hydrogen) atoms. The summed E-state index contributed by atoms with van der Waals surface area (Å²) < 4.78 is 0. The number of likely N-dealkylation sites (tertiary alicyclic amines) is 1. The van der Waals surface area contributed by atoms with Crippen molar-refractivity contribution < 1.29 is 4.79 Å². The minimum absolute atomic E-state index is 0.201. The summed E-state index contributed by atoms with van der Waals surface area (Å²) in [4.78, 5) is 13.9. The first kappa shape index (κ1) is 9.97. The number of hydrogen-bond donors (Lipinski definition) is 1. The van der Waals surface area contributed by atoms with Crippen molar-refractivity contribution in [3.8, 4) is 0 Å². The third kappa shape index (κ3) is 2.27. The van der Waals surface area contributed by atoms with Crippen molar-refractivity contribution in [3.63, 3.8) is 0 Å². The van der Waals surface area contributed by atoms with E-state index in [1.165, 1.54) is 12.8 Å². The van der Waals surface area contributed by atoms with Crippen molar-refractivity contribution in [3.05, 3.63) is 0 Å². The lowest BCUT2D eigenvalue weighted by Crippen LogP contribution is -2.45. The van der Waals surface area contributed by atoms with E-state index in [-0.39, 0.29) is 11.9 Å². The van der Waals surface area contributed by atoms with Gasteiger partial charge in [0.2, 0.25) is 5.91 Å². The monoisotopic (exact) mass is 196 g/mol. The van der Waals surface area contributed by atoms with Gasteiger partial charge in [-0.15, -0.1) is 0 Å². The highest BCUT2D eigenvalue weighted by Gasteiger charge is 2.35. The quantitative estimate of drug-likeness (QED) is 0.719. The molecule has 1 saturated carbocycles. The summed E-state index contributed by atoms with van der Waals surface area (Å²) in [6.07, 6.45) is 7.15. The molecule has 0 aromatic rings. The number of nitrogens with two attached hydrogens (primary N) is 1. The molecule has 2 N–H and O–H groups in total. The maximum atomic E-state index is 11.9. The van der Waals surface area contributed by atoms with Crippen LogP contribution in [0.25, 0.3) is 0 Å². The maximum Gasteiger partial charge on any atom is 0.239 e. The van der Waals surface area contributed by atoms with Gasteiger partial charge in [-0.1, -0.05) is 12.8 Å². The Kier molecular flexibility index (Phi) is 3.06. The Morgan fingerprint density at radius 1 is 1.14 bits per heavy atom. The molecule has 0 spiro atoms. The van der Waals surface area contributed by atoms with E-state index in [1.54, 1.807) is 0 Å². The van der Waals surface area contributed by atoms with Crippen LogP contribution < -0.4 is 5.73 Å². The molecule has 1 aliphatic carbocycles. The lowest BCUT2D eigenvalue weighted by Gasteiger charge is -2.23. The Balaban J connectivity index is 1.87. The molecule has 3 nitrogen and oxygen atoms in total. The molecule has 1 aliphatic heterocycles. The van der Waals surface area contributed by atoms with Crippen LogP contribution in [0.1, 0.15) is 38.5 Å². The smallest absolute Gasteiger partial charge is 0.239 e. The molecule has 80 valence electrons. The Hall–Kier alpha value is -0.570. The van der Waals surface area contributed by atoms with Gasteiger partial charge in [0.25, 0.3) is 0 Å². The third-order valence-electron chi connectivity index (χ3n) is 3.33. The normalized spacial score (nSPS) is 25.6. The number of hydrogen-bond acceptors (Lipinski definition) is 2. The fourth-order valence-electron chi connectivity index (χ4n) is 2.16. The SMILES string of the molecule is NC(C(=O)N1CCCCCC1)C1CC1. The van der Waals surface area contributed by atoms with E-state index >= 15 is 0 Å². The fourth-order valence-corrected chi connectivity index (χ4v) is 2.16. The lowest BCUT2D eigenvalue weighted by atomic mass is 10.1. The Morgan fingerprint density at radius 2 is 1.71 bits per heavy atom. The van der Waals surface area contributed by atoms with Gasteiger partial charge < -0.3 is 10.6 Å². The first-order valence-electron chi connectivity index (χ1n) is 5.83. The lowest BCUT2D eigenvalue weighted by molar-refractivity contribution is -0.133. The Bertz CT molecular complexity index is 205. The molecule has 2 rings (SSSR count). The molecule has 1 saturated heterocycles. The molecule has 1 unspecified atom stereocenters. The van der Waals surface area contributed by atoms with E-state index in [4.69, 9.17) is 5.73 Å². The second kappa shape index (κ2) is 4.30. The zero-order valence-corrected chi connectivity index (χ0v) is 8.74. The van der Waals surface area contributed by atoms with Crippen LogP contribution in [0.2, 0.25) is 0 Å². The van der Waals surface area contributed by atoms with E-state index < -0.39 is 0 Å². The summed E-state index contributed by atoms with van der Waals surface area (Å²) in [5.41, 5.74) is 5.91. The van der Waals surface area contributed by atoms with Gasteiger partial charge in [0.1, 0.15) is 0 Å². The number of nitrogens with zero attached hydrogens (tertiary/aromatic N) is 1. The van der Waals surface area contributed by atoms with Crippen LogP contribution in [0.15, 0.2) is 0 Å². The number of carbonyl (C=O) groups is 1. The summed E-state index contributed by atoms with van der Waals surface area (Å²) in [7, 11) is 0. The topological polar surface area (TPSA) is 46.3 Å². The molecule has 3 heteroatoms. The zero-order chi connectivity index (χ0) is 9.97. The van der Waals surface area contributed by atoms with Crippen molar-refractivity contribution in [1.82, 2.24) is 4.90 Å². The Morgan fingerprint density at radius 3 is 2.21 bits per heavy atom. The maximum absolute atomic E-state index is 11.9. The van der Waals surface area contributed by atoms with Crippen LogP contribution in [0.5, 0.6) is 0 Å². The summed E-state index contributed by atoms with van der Waals surface area (Å²) in [6.45, 7) is 1.86. The van der Waals surface area contributed by atoms with Gasteiger partial charge in [0.15, 0.2) is 0 Å². The predicted molar refractivity (Wildman–Crippen MR) is 55.7 cm³/mol. The second-order valence-corrected chi connectivity index (χ2v) is 4.60. The molecule has 1 amide bonds. The van der Waals surface area contributed by atoms with Gasteiger partial charge >= 0.3 is 0 Å². The molecular formula is C11H20N2O. The van der Waals surface area contributed by atoms with Crippen molar-refractivity contribution in [2.24, 2.45) is 11.7 Å². The van der Waals surface area contributed by atoms with Gasteiger partial charge in [-0.3, -0.25) is 4.79 Å². The number of carbonyl (C=O) groups excluding carboxylic acids is 1. The molecule has 1 atom stereocenters. The van der Waals surface area contributed by atoms with Gasteiger partial charge in [0, 0.05) is 13.1 Å². The van der Waals surface area contributed by atoms with E-state index in [9.17, 15) is 4.79 Å². The average Bonchev–Trinajstić information content (AvgIpc) is 3.02. The van der Waals surface area contributed by atoms with Crippen LogP contribution in [-0.4, -0.2) is 29.9 Å². The number of amides is 1. The molecule has 2 aliphatic rings. The summed E-state index contributed by atoms with van der Waals surface area (Å²) in [6, 6.07) is -0.201. The number of rotatable bonds is 2. The van der Waals surface area contributed by atoms with E-state index in [1.807, 2.05) is 4.90 Å². The summed E-state index contributed by atoms with van der Waals surface area (Å²) >= 11 is 0. The predicted octanol–water partition coefficient (Wildman–Crippen LogP) is 1.13. The average molecular weight is 196 g/mol. The van der Waals surface area contributed by atoms with Gasteiger partial charge in [-0.25, -0.2) is 0 Å². The molecular weight excluding hydrogens is 176 g/mol. The summed E-state index contributed by atoms with van der Waals surface area (Å²) in [5, 5.41) is 0. The van der Waals surface area contributed by atoms with Crippen molar-refractivity contribution in [2.45, 2.75) is 44.6 Å². The van der Waals surface area contributed by atoms with E-state index in [0.717, 1.165) is 38.8 Å². The van der Waals surface area contributed by atoms with Gasteiger partial charge in [0.05, 0.1) is 6.04 Å². The molecule has 0 aromatic heterocycles. The van der Waals surface area contributed by atoms with E-state index in [0.29, 0.717) is 5.92 Å². The van der Waals surface area contributed by atoms with Crippen LogP contribution in [0.4, 0.5) is 0 Å². The third-order valence-corrected chi connectivity index (χ3v) is 3.33.